The van der Waals surface area contributed by atoms with Crippen molar-refractivity contribution in [2.75, 3.05) is 6.61 Å². The van der Waals surface area contributed by atoms with Crippen molar-refractivity contribution in [3.63, 3.8) is 0 Å². The van der Waals surface area contributed by atoms with Crippen LogP contribution in [0.25, 0.3) is 0 Å². The molecule has 0 spiro atoms. The van der Waals surface area contributed by atoms with E-state index < -0.39 is 24.5 Å². The van der Waals surface area contributed by atoms with E-state index in [2.05, 4.69) is 0 Å². The Kier molecular flexibility index (Phi) is 15.5. The van der Waals surface area contributed by atoms with Gasteiger partial charge in [-0.1, -0.05) is 77.0 Å². The number of hydrogen-bond acceptors (Lipinski definition) is 5. The summed E-state index contributed by atoms with van der Waals surface area (Å²) in [6.45, 7) is 2.40. The van der Waals surface area contributed by atoms with Gasteiger partial charge in [0.05, 0.1) is 12.2 Å². The minimum atomic E-state index is -0.738. The van der Waals surface area contributed by atoms with Crippen LogP contribution in [0.15, 0.2) is 0 Å². The number of aliphatic hydroxyl groups excluding tert-OH is 2. The van der Waals surface area contributed by atoms with Gasteiger partial charge in [-0.05, 0) is 19.8 Å². The van der Waals surface area contributed by atoms with Crippen LogP contribution in [0.1, 0.15) is 110 Å². The van der Waals surface area contributed by atoms with E-state index in [9.17, 15) is 15.0 Å². The molecule has 1 heterocycles. The quantitative estimate of drug-likeness (QED) is 0.278. The van der Waals surface area contributed by atoms with Gasteiger partial charge in [0.15, 0.2) is 6.29 Å². The van der Waals surface area contributed by atoms with Crippen molar-refractivity contribution in [2.24, 2.45) is 0 Å². The highest BCUT2D eigenvalue weighted by Gasteiger charge is 2.34. The fourth-order valence-electron chi connectivity index (χ4n) is 3.79. The summed E-state index contributed by atoms with van der Waals surface area (Å²) >= 11 is 0. The SMILES string of the molecule is CC1OC(OCCCCCCCCCCCCCCCCC(=O)O)C(O)CC1O. The number of carbonyl (C=O) groups is 1. The van der Waals surface area contributed by atoms with Crippen LogP contribution in [0.3, 0.4) is 0 Å². The van der Waals surface area contributed by atoms with Crippen molar-refractivity contribution in [2.45, 2.75) is 134 Å². The predicted molar refractivity (Wildman–Crippen MR) is 114 cm³/mol. The summed E-state index contributed by atoms with van der Waals surface area (Å²) in [6.07, 6.45) is 15.2. The number of unbranched alkanes of at least 4 members (excludes halogenated alkanes) is 13. The van der Waals surface area contributed by atoms with E-state index in [0.29, 0.717) is 19.4 Å². The number of aliphatic carboxylic acids is 1. The molecule has 3 N–H and O–H groups in total. The Labute approximate surface area is 177 Å². The molecule has 1 saturated heterocycles. The molecule has 0 aromatic rings. The molecule has 1 rings (SSSR count). The van der Waals surface area contributed by atoms with Crippen LogP contribution in [-0.2, 0) is 14.3 Å². The van der Waals surface area contributed by atoms with Crippen molar-refractivity contribution in [1.82, 2.24) is 0 Å². The van der Waals surface area contributed by atoms with E-state index in [1.54, 1.807) is 6.92 Å². The molecule has 0 bridgehead atoms. The Balaban J connectivity index is 1.77. The van der Waals surface area contributed by atoms with Gasteiger partial charge >= 0.3 is 5.97 Å². The topological polar surface area (TPSA) is 96.2 Å². The third-order valence-corrected chi connectivity index (χ3v) is 5.75. The third kappa shape index (κ3) is 14.0. The molecule has 0 amide bonds. The molecule has 0 aromatic carbocycles. The predicted octanol–water partition coefficient (Wildman–Crippen LogP) is 4.80. The minimum absolute atomic E-state index is 0.285. The molecule has 172 valence electrons. The average Bonchev–Trinajstić information content (AvgIpc) is 2.67. The summed E-state index contributed by atoms with van der Waals surface area (Å²) in [5.41, 5.74) is 0. The highest BCUT2D eigenvalue weighted by Crippen LogP contribution is 2.21. The van der Waals surface area contributed by atoms with Gasteiger partial charge < -0.3 is 24.8 Å². The summed E-state index contributed by atoms with van der Waals surface area (Å²) in [5, 5.41) is 28.1. The van der Waals surface area contributed by atoms with Gasteiger partial charge in [0.25, 0.3) is 0 Å². The smallest absolute Gasteiger partial charge is 0.303 e. The van der Waals surface area contributed by atoms with Crippen LogP contribution in [0.2, 0.25) is 0 Å². The summed E-state index contributed by atoms with van der Waals surface area (Å²) < 4.78 is 11.1. The molecule has 4 atom stereocenters. The highest BCUT2D eigenvalue weighted by atomic mass is 16.7. The molecular formula is C23H44O6. The second-order valence-electron chi connectivity index (χ2n) is 8.54. The maximum Gasteiger partial charge on any atom is 0.303 e. The van der Waals surface area contributed by atoms with Crippen LogP contribution in [0.5, 0.6) is 0 Å². The molecule has 1 aliphatic rings. The van der Waals surface area contributed by atoms with Gasteiger partial charge in [-0.25, -0.2) is 0 Å². The van der Waals surface area contributed by atoms with Gasteiger partial charge in [0, 0.05) is 19.4 Å². The Morgan fingerprint density at radius 3 is 1.72 bits per heavy atom. The van der Waals surface area contributed by atoms with Crippen molar-refractivity contribution < 1.29 is 29.6 Å². The molecule has 0 saturated carbocycles. The lowest BCUT2D eigenvalue weighted by Gasteiger charge is -2.35. The number of hydrogen-bond donors (Lipinski definition) is 3. The lowest BCUT2D eigenvalue weighted by molar-refractivity contribution is -0.261. The van der Waals surface area contributed by atoms with Gasteiger partial charge in [-0.3, -0.25) is 4.79 Å². The molecule has 1 fully saturated rings. The second kappa shape index (κ2) is 17.0. The summed E-state index contributed by atoms with van der Waals surface area (Å²) in [6, 6.07) is 0. The van der Waals surface area contributed by atoms with E-state index in [1.807, 2.05) is 0 Å². The Hall–Kier alpha value is -0.690. The number of carboxylic acid groups (broad SMARTS) is 1. The van der Waals surface area contributed by atoms with Gasteiger partial charge in [-0.15, -0.1) is 0 Å². The Bertz CT molecular complexity index is 403. The lowest BCUT2D eigenvalue weighted by atomic mass is 10.0. The zero-order chi connectivity index (χ0) is 21.3. The number of carboxylic acids is 1. The standard InChI is InChI=1S/C23H44O6/c1-19-20(24)18-21(25)23(29-19)28-17-15-13-11-9-7-5-3-2-4-6-8-10-12-14-16-22(26)27/h19-21,23-25H,2-18H2,1H3,(H,26,27). The van der Waals surface area contributed by atoms with Crippen LogP contribution in [0.4, 0.5) is 0 Å². The van der Waals surface area contributed by atoms with Crippen molar-refractivity contribution in [3.8, 4) is 0 Å². The third-order valence-electron chi connectivity index (χ3n) is 5.75. The Morgan fingerprint density at radius 1 is 0.793 bits per heavy atom. The average molecular weight is 417 g/mol. The molecule has 0 aliphatic carbocycles. The van der Waals surface area contributed by atoms with Gasteiger partial charge in [-0.2, -0.15) is 0 Å². The van der Waals surface area contributed by atoms with Crippen LogP contribution >= 0.6 is 0 Å². The Morgan fingerprint density at radius 2 is 1.24 bits per heavy atom. The molecule has 1 aliphatic heterocycles. The lowest BCUT2D eigenvalue weighted by Crippen LogP contribution is -2.47. The summed E-state index contributed by atoms with van der Waals surface area (Å²) in [4.78, 5) is 10.4. The zero-order valence-electron chi connectivity index (χ0n) is 18.4. The van der Waals surface area contributed by atoms with Crippen LogP contribution < -0.4 is 0 Å². The van der Waals surface area contributed by atoms with E-state index in [-0.39, 0.29) is 6.10 Å². The van der Waals surface area contributed by atoms with Crippen LogP contribution in [0, 0.1) is 0 Å². The van der Waals surface area contributed by atoms with Crippen LogP contribution in [-0.4, -0.2) is 52.5 Å². The van der Waals surface area contributed by atoms with Gasteiger partial charge in [0.1, 0.15) is 6.10 Å². The fourth-order valence-corrected chi connectivity index (χ4v) is 3.79. The first-order chi connectivity index (χ1) is 14.0. The van der Waals surface area contributed by atoms with E-state index >= 15 is 0 Å². The zero-order valence-corrected chi connectivity index (χ0v) is 18.4. The molecule has 6 nitrogen and oxygen atoms in total. The fraction of sp³-hybridized carbons (Fsp3) is 0.957. The maximum absolute atomic E-state index is 10.4. The van der Waals surface area contributed by atoms with E-state index in [1.165, 1.54) is 64.2 Å². The van der Waals surface area contributed by atoms with E-state index in [4.69, 9.17) is 14.6 Å². The maximum atomic E-state index is 10.4. The van der Waals surface area contributed by atoms with E-state index in [0.717, 1.165) is 25.7 Å². The highest BCUT2D eigenvalue weighted by molar-refractivity contribution is 5.66. The molecule has 6 heteroatoms. The normalized spacial score (nSPS) is 24.7. The number of aliphatic hydroxyl groups is 2. The summed E-state index contributed by atoms with van der Waals surface area (Å²) in [7, 11) is 0. The van der Waals surface area contributed by atoms with Gasteiger partial charge in [0.2, 0.25) is 0 Å². The molecule has 0 radical (unpaired) electrons. The first-order valence-corrected chi connectivity index (χ1v) is 11.9. The first-order valence-electron chi connectivity index (χ1n) is 11.9. The number of ether oxygens (including phenoxy) is 2. The van der Waals surface area contributed by atoms with Crippen molar-refractivity contribution >= 4 is 5.97 Å². The molecule has 0 aromatic heterocycles. The second-order valence-corrected chi connectivity index (χ2v) is 8.54. The largest absolute Gasteiger partial charge is 0.481 e. The molecule has 4 unspecified atom stereocenters. The number of rotatable bonds is 18. The first kappa shape index (κ1) is 26.3. The van der Waals surface area contributed by atoms with Crippen molar-refractivity contribution in [1.29, 1.82) is 0 Å². The summed E-state index contributed by atoms with van der Waals surface area (Å²) in [5.74, 6) is -0.677. The minimum Gasteiger partial charge on any atom is -0.481 e. The monoisotopic (exact) mass is 416 g/mol. The molecular weight excluding hydrogens is 372 g/mol. The van der Waals surface area contributed by atoms with Crippen molar-refractivity contribution in [3.05, 3.63) is 0 Å². The molecule has 29 heavy (non-hydrogen) atoms.